The number of aromatic nitrogens is 3. The third-order valence-electron chi connectivity index (χ3n) is 6.39. The number of hydrogen-bond donors (Lipinski definition) is 0. The standard InChI is InChI=1S/C23H23F2N5O2/c1-12-9-19(32-28-12)20-16(5-4-6-17(20)24)22(31)30-10-15-7-8-29(11-18(15)30)23-26-13(2)21(25)14(3)27-23/h4-6,9,15,18H,7-8,10-11H2,1-3H3/t15-,18-/m1/s1. The van der Waals surface area contributed by atoms with Crippen molar-refractivity contribution in [2.24, 2.45) is 5.92 Å². The molecule has 0 unspecified atom stereocenters. The fraction of sp³-hybridized carbons (Fsp3) is 0.391. The summed E-state index contributed by atoms with van der Waals surface area (Å²) < 4.78 is 33.9. The van der Waals surface area contributed by atoms with Crippen LogP contribution in [0.2, 0.25) is 0 Å². The van der Waals surface area contributed by atoms with Crippen molar-refractivity contribution in [1.82, 2.24) is 20.0 Å². The maximum atomic E-state index is 14.7. The number of likely N-dealkylation sites (tertiary alicyclic amines) is 1. The summed E-state index contributed by atoms with van der Waals surface area (Å²) in [5.74, 6) is -0.100. The van der Waals surface area contributed by atoms with Crippen molar-refractivity contribution < 1.29 is 18.1 Å². The van der Waals surface area contributed by atoms with Crippen LogP contribution < -0.4 is 4.90 Å². The number of anilines is 1. The summed E-state index contributed by atoms with van der Waals surface area (Å²) in [6.45, 7) is 6.90. The van der Waals surface area contributed by atoms with Crippen LogP contribution in [0.5, 0.6) is 0 Å². The first-order valence-electron chi connectivity index (χ1n) is 10.6. The summed E-state index contributed by atoms with van der Waals surface area (Å²) in [5, 5.41) is 3.83. The van der Waals surface area contributed by atoms with E-state index >= 15 is 0 Å². The van der Waals surface area contributed by atoms with Gasteiger partial charge in [0.25, 0.3) is 5.91 Å². The van der Waals surface area contributed by atoms with E-state index in [0.29, 0.717) is 42.0 Å². The molecule has 0 bridgehead atoms. The van der Waals surface area contributed by atoms with Crippen molar-refractivity contribution in [1.29, 1.82) is 0 Å². The maximum Gasteiger partial charge on any atom is 0.255 e. The van der Waals surface area contributed by atoms with Crippen LogP contribution in [0.1, 0.15) is 33.9 Å². The lowest BCUT2D eigenvalue weighted by atomic mass is 9.81. The molecule has 2 atom stereocenters. The normalized spacial score (nSPS) is 20.2. The predicted molar refractivity (Wildman–Crippen MR) is 113 cm³/mol. The second-order valence-corrected chi connectivity index (χ2v) is 8.52. The molecular formula is C23H23F2N5O2. The van der Waals surface area contributed by atoms with Gasteiger partial charge in [-0.25, -0.2) is 18.7 Å². The average Bonchev–Trinajstić information content (AvgIpc) is 3.18. The molecule has 7 nitrogen and oxygen atoms in total. The molecule has 9 heteroatoms. The van der Waals surface area contributed by atoms with Crippen molar-refractivity contribution in [3.8, 4) is 11.3 Å². The van der Waals surface area contributed by atoms with E-state index < -0.39 is 11.6 Å². The molecule has 0 aliphatic carbocycles. The van der Waals surface area contributed by atoms with Crippen molar-refractivity contribution in [3.05, 3.63) is 58.5 Å². The lowest BCUT2D eigenvalue weighted by molar-refractivity contribution is 0.00769. The van der Waals surface area contributed by atoms with Crippen molar-refractivity contribution in [2.75, 3.05) is 24.5 Å². The summed E-state index contributed by atoms with van der Waals surface area (Å²) in [7, 11) is 0. The zero-order valence-electron chi connectivity index (χ0n) is 18.1. The van der Waals surface area contributed by atoms with Crippen LogP contribution in [-0.4, -0.2) is 51.6 Å². The lowest BCUT2D eigenvalue weighted by Gasteiger charge is -2.53. The number of carbonyl (C=O) groups is 1. The first kappa shape index (κ1) is 20.5. The Balaban J connectivity index is 1.41. The van der Waals surface area contributed by atoms with Crippen molar-refractivity contribution >= 4 is 11.9 Å². The van der Waals surface area contributed by atoms with E-state index in [-0.39, 0.29) is 28.8 Å². The smallest absolute Gasteiger partial charge is 0.255 e. The van der Waals surface area contributed by atoms with Crippen LogP contribution in [0.4, 0.5) is 14.7 Å². The van der Waals surface area contributed by atoms with E-state index in [0.717, 1.165) is 13.0 Å². The number of halogens is 2. The van der Waals surface area contributed by atoms with E-state index in [1.807, 2.05) is 4.90 Å². The fourth-order valence-electron chi connectivity index (χ4n) is 4.63. The van der Waals surface area contributed by atoms with Crippen molar-refractivity contribution in [2.45, 2.75) is 33.2 Å². The highest BCUT2D eigenvalue weighted by Crippen LogP contribution is 2.37. The Morgan fingerprint density at radius 3 is 2.56 bits per heavy atom. The highest BCUT2D eigenvalue weighted by Gasteiger charge is 2.46. The van der Waals surface area contributed by atoms with Crippen LogP contribution in [-0.2, 0) is 0 Å². The molecule has 2 aliphatic rings. The Bertz CT molecular complexity index is 1190. The Morgan fingerprint density at radius 2 is 1.88 bits per heavy atom. The van der Waals surface area contributed by atoms with E-state index in [4.69, 9.17) is 4.52 Å². The molecule has 32 heavy (non-hydrogen) atoms. The molecule has 0 radical (unpaired) electrons. The zero-order valence-corrected chi connectivity index (χ0v) is 18.1. The highest BCUT2D eigenvalue weighted by molar-refractivity contribution is 6.01. The second kappa shape index (κ2) is 7.65. The molecule has 2 fully saturated rings. The van der Waals surface area contributed by atoms with Crippen LogP contribution in [0.25, 0.3) is 11.3 Å². The highest BCUT2D eigenvalue weighted by atomic mass is 19.1. The Morgan fingerprint density at radius 1 is 1.12 bits per heavy atom. The number of fused-ring (bicyclic) bond motifs is 1. The monoisotopic (exact) mass is 439 g/mol. The number of benzene rings is 1. The third-order valence-corrected chi connectivity index (χ3v) is 6.39. The van der Waals surface area contributed by atoms with E-state index in [9.17, 15) is 13.6 Å². The van der Waals surface area contributed by atoms with E-state index in [2.05, 4.69) is 15.1 Å². The van der Waals surface area contributed by atoms with Gasteiger partial charge < -0.3 is 14.3 Å². The number of rotatable bonds is 3. The number of aryl methyl sites for hydroxylation is 3. The van der Waals surface area contributed by atoms with Gasteiger partial charge in [0.1, 0.15) is 5.82 Å². The minimum absolute atomic E-state index is 0.0434. The number of amides is 1. The van der Waals surface area contributed by atoms with Gasteiger partial charge in [0.15, 0.2) is 11.6 Å². The SMILES string of the molecule is Cc1cc(-c2c(F)cccc2C(=O)N2C[C@H]3CCN(c4nc(C)c(F)c(C)n4)C[C@H]32)on1. The minimum Gasteiger partial charge on any atom is -0.356 e. The van der Waals surface area contributed by atoms with Gasteiger partial charge >= 0.3 is 0 Å². The summed E-state index contributed by atoms with van der Waals surface area (Å²) in [6.07, 6.45) is 0.880. The Labute approximate surface area is 184 Å². The Kier molecular flexibility index (Phi) is 4.91. The van der Waals surface area contributed by atoms with Crippen LogP contribution >= 0.6 is 0 Å². The number of hydrogen-bond acceptors (Lipinski definition) is 6. The van der Waals surface area contributed by atoms with Gasteiger partial charge in [0, 0.05) is 31.6 Å². The average molecular weight is 439 g/mol. The van der Waals surface area contributed by atoms with Gasteiger partial charge in [0.05, 0.1) is 34.3 Å². The van der Waals surface area contributed by atoms with Crippen molar-refractivity contribution in [3.63, 3.8) is 0 Å². The molecule has 166 valence electrons. The molecule has 0 spiro atoms. The molecule has 0 N–H and O–H groups in total. The molecule has 0 saturated carbocycles. The van der Waals surface area contributed by atoms with Gasteiger partial charge in [0.2, 0.25) is 5.95 Å². The summed E-state index contributed by atoms with van der Waals surface area (Å²) in [4.78, 5) is 25.8. The summed E-state index contributed by atoms with van der Waals surface area (Å²) in [5.41, 5.74) is 1.60. The molecule has 1 amide bonds. The third kappa shape index (κ3) is 3.32. The fourth-order valence-corrected chi connectivity index (χ4v) is 4.63. The van der Waals surface area contributed by atoms with Gasteiger partial charge in [-0.05, 0) is 39.3 Å². The van der Waals surface area contributed by atoms with Crippen LogP contribution in [0.3, 0.4) is 0 Å². The van der Waals surface area contributed by atoms with Crippen LogP contribution in [0, 0.1) is 38.3 Å². The summed E-state index contributed by atoms with van der Waals surface area (Å²) >= 11 is 0. The molecule has 2 aliphatic heterocycles. The second-order valence-electron chi connectivity index (χ2n) is 8.52. The van der Waals surface area contributed by atoms with E-state index in [1.165, 1.54) is 12.1 Å². The largest absolute Gasteiger partial charge is 0.356 e. The molecule has 5 rings (SSSR count). The molecule has 2 aromatic heterocycles. The lowest BCUT2D eigenvalue weighted by Crippen LogP contribution is -2.66. The molecule has 4 heterocycles. The first-order valence-corrected chi connectivity index (χ1v) is 10.6. The minimum atomic E-state index is -0.528. The zero-order chi connectivity index (χ0) is 22.6. The molecule has 2 saturated heterocycles. The van der Waals surface area contributed by atoms with Gasteiger partial charge in [-0.3, -0.25) is 4.79 Å². The molecule has 3 aromatic rings. The number of nitrogens with zero attached hydrogens (tertiary/aromatic N) is 5. The first-order chi connectivity index (χ1) is 15.3. The summed E-state index contributed by atoms with van der Waals surface area (Å²) in [6, 6.07) is 6.02. The molecular weight excluding hydrogens is 416 g/mol. The predicted octanol–water partition coefficient (Wildman–Crippen LogP) is 3.69. The van der Waals surface area contributed by atoms with Gasteiger partial charge in [-0.15, -0.1) is 0 Å². The topological polar surface area (TPSA) is 75.4 Å². The van der Waals surface area contributed by atoms with Gasteiger partial charge in [-0.1, -0.05) is 11.2 Å². The number of carbonyl (C=O) groups excluding carboxylic acids is 1. The van der Waals surface area contributed by atoms with Gasteiger partial charge in [-0.2, -0.15) is 0 Å². The maximum absolute atomic E-state index is 14.7. The van der Waals surface area contributed by atoms with E-state index in [1.54, 1.807) is 37.8 Å². The quantitative estimate of drug-likeness (QED) is 0.620. The number of piperidine rings is 1. The Hall–Kier alpha value is -3.36. The molecule has 1 aromatic carbocycles. The van der Waals surface area contributed by atoms with Crippen LogP contribution in [0.15, 0.2) is 28.8 Å².